The van der Waals surface area contributed by atoms with Crippen LogP contribution in [-0.4, -0.2) is 12.1 Å². The van der Waals surface area contributed by atoms with Gasteiger partial charge in [0.2, 0.25) is 0 Å². The van der Waals surface area contributed by atoms with Crippen LogP contribution >= 0.6 is 0 Å². The van der Waals surface area contributed by atoms with Gasteiger partial charge in [0.25, 0.3) is 5.91 Å². The van der Waals surface area contributed by atoms with E-state index in [1.54, 1.807) is 6.21 Å². The van der Waals surface area contributed by atoms with E-state index in [1.807, 2.05) is 48.5 Å². The topological polar surface area (TPSA) is 44.7 Å². The summed E-state index contributed by atoms with van der Waals surface area (Å²) in [7, 11) is 0. The Morgan fingerprint density at radius 2 is 1.61 bits per heavy atom. The van der Waals surface area contributed by atoms with Crippen LogP contribution in [0.15, 0.2) is 71.8 Å². The molecule has 4 rings (SSSR count). The van der Waals surface area contributed by atoms with Gasteiger partial charge in [-0.3, -0.25) is 4.79 Å². The van der Waals surface area contributed by atoms with E-state index in [9.17, 15) is 4.79 Å². The van der Waals surface area contributed by atoms with Crippen LogP contribution in [0.1, 0.15) is 38.2 Å². The number of nitrogens with zero attached hydrogens (tertiary/aromatic N) is 2. The smallest absolute Gasteiger partial charge is 0.271 e. The molecule has 28 heavy (non-hydrogen) atoms. The predicted molar refractivity (Wildman–Crippen MR) is 114 cm³/mol. The number of hydrogen-bond acceptors (Lipinski definition) is 3. The Bertz CT molecular complexity index is 1010. The number of hydrazone groups is 1. The Hall–Kier alpha value is -3.40. The van der Waals surface area contributed by atoms with Crippen LogP contribution < -0.4 is 10.3 Å². The number of nitrogens with one attached hydrogen (secondary N) is 1. The minimum absolute atomic E-state index is 0.211. The van der Waals surface area contributed by atoms with Crippen molar-refractivity contribution in [1.82, 2.24) is 5.43 Å². The van der Waals surface area contributed by atoms with Crippen LogP contribution in [-0.2, 0) is 13.1 Å². The molecule has 1 aliphatic heterocycles. The first-order chi connectivity index (χ1) is 13.6. The van der Waals surface area contributed by atoms with E-state index < -0.39 is 0 Å². The summed E-state index contributed by atoms with van der Waals surface area (Å²) in [5.74, 6) is -0.211. The Labute approximate surface area is 165 Å². The zero-order chi connectivity index (χ0) is 19.5. The number of carbonyl (C=O) groups is 1. The summed E-state index contributed by atoms with van der Waals surface area (Å²) >= 11 is 0. The molecule has 0 aromatic heterocycles. The summed E-state index contributed by atoms with van der Waals surface area (Å²) in [6.07, 6.45) is 1.64. The van der Waals surface area contributed by atoms with Crippen LogP contribution in [0.3, 0.4) is 0 Å². The number of carbonyl (C=O) groups excluding carboxylic acids is 1. The molecule has 0 fully saturated rings. The van der Waals surface area contributed by atoms with Crippen molar-refractivity contribution in [3.05, 3.63) is 100 Å². The molecule has 3 aromatic rings. The molecule has 0 radical (unpaired) electrons. The van der Waals surface area contributed by atoms with Crippen LogP contribution in [0.2, 0.25) is 0 Å². The average Bonchev–Trinajstić information content (AvgIpc) is 3.12. The van der Waals surface area contributed by atoms with Crippen molar-refractivity contribution >= 4 is 17.8 Å². The van der Waals surface area contributed by atoms with E-state index >= 15 is 0 Å². The van der Waals surface area contributed by atoms with Gasteiger partial charge in [-0.05, 0) is 59.9 Å². The van der Waals surface area contributed by atoms with Crippen molar-refractivity contribution in [3.8, 4) is 0 Å². The van der Waals surface area contributed by atoms with E-state index in [1.165, 1.54) is 22.3 Å². The number of rotatable bonds is 4. The highest BCUT2D eigenvalue weighted by Crippen LogP contribution is 2.30. The van der Waals surface area contributed by atoms with Crippen LogP contribution in [0.4, 0.5) is 5.69 Å². The maximum absolute atomic E-state index is 12.5. The lowest BCUT2D eigenvalue weighted by Crippen LogP contribution is -2.19. The van der Waals surface area contributed by atoms with Crippen molar-refractivity contribution in [2.75, 3.05) is 4.90 Å². The lowest BCUT2D eigenvalue weighted by molar-refractivity contribution is 0.0955. The number of anilines is 1. The molecule has 0 spiro atoms. The highest BCUT2D eigenvalue weighted by Gasteiger charge is 2.20. The van der Waals surface area contributed by atoms with Gasteiger partial charge in [-0.1, -0.05) is 48.5 Å². The molecule has 0 bridgehead atoms. The third kappa shape index (κ3) is 3.81. The first kappa shape index (κ1) is 18.0. The Morgan fingerprint density at radius 1 is 0.929 bits per heavy atom. The van der Waals surface area contributed by atoms with Gasteiger partial charge in [-0.25, -0.2) is 5.43 Å². The van der Waals surface area contributed by atoms with E-state index in [4.69, 9.17) is 0 Å². The van der Waals surface area contributed by atoms with Gasteiger partial charge in [-0.2, -0.15) is 5.10 Å². The second kappa shape index (κ2) is 7.69. The van der Waals surface area contributed by atoms with Gasteiger partial charge in [0.05, 0.1) is 6.21 Å². The van der Waals surface area contributed by atoms with Gasteiger partial charge in [0, 0.05) is 24.3 Å². The molecular formula is C24H23N3O. The third-order valence-corrected chi connectivity index (χ3v) is 5.19. The molecule has 140 valence electrons. The fourth-order valence-electron chi connectivity index (χ4n) is 3.49. The second-order valence-electron chi connectivity index (χ2n) is 7.22. The lowest BCUT2D eigenvalue weighted by atomic mass is 10.0. The molecule has 0 saturated carbocycles. The lowest BCUT2D eigenvalue weighted by Gasteiger charge is -2.18. The number of benzene rings is 3. The van der Waals surface area contributed by atoms with Crippen LogP contribution in [0.25, 0.3) is 0 Å². The van der Waals surface area contributed by atoms with Crippen molar-refractivity contribution in [2.24, 2.45) is 5.10 Å². The first-order valence-electron chi connectivity index (χ1n) is 9.42. The molecular weight excluding hydrogens is 346 g/mol. The summed E-state index contributed by atoms with van der Waals surface area (Å²) in [5.41, 5.74) is 10.6. The molecule has 4 heteroatoms. The van der Waals surface area contributed by atoms with Gasteiger partial charge in [-0.15, -0.1) is 0 Å². The fourth-order valence-corrected chi connectivity index (χ4v) is 3.49. The first-order valence-corrected chi connectivity index (χ1v) is 9.42. The monoisotopic (exact) mass is 369 g/mol. The van der Waals surface area contributed by atoms with Crippen molar-refractivity contribution < 1.29 is 4.79 Å². The average molecular weight is 369 g/mol. The quantitative estimate of drug-likeness (QED) is 0.540. The van der Waals surface area contributed by atoms with Crippen molar-refractivity contribution in [2.45, 2.75) is 26.9 Å². The maximum Gasteiger partial charge on any atom is 0.271 e. The largest absolute Gasteiger partial charge is 0.363 e. The zero-order valence-corrected chi connectivity index (χ0v) is 16.1. The Balaban J connectivity index is 1.46. The highest BCUT2D eigenvalue weighted by atomic mass is 16.2. The van der Waals surface area contributed by atoms with E-state index in [0.29, 0.717) is 5.56 Å². The molecule has 0 aliphatic carbocycles. The standard InChI is InChI=1S/C24H23N3O/c1-17-11-21-15-27(16-22(21)12-18(17)2)23-10-6-9-20(13-23)24(28)26-25-14-19-7-4-3-5-8-19/h3-14H,15-16H2,1-2H3,(H,26,28)/b25-14-. The number of amides is 1. The van der Waals surface area contributed by atoms with Crippen molar-refractivity contribution in [1.29, 1.82) is 0 Å². The maximum atomic E-state index is 12.5. The van der Waals surface area contributed by atoms with Crippen LogP contribution in [0, 0.1) is 13.8 Å². The predicted octanol–water partition coefficient (Wildman–Crippen LogP) is 4.59. The Kier molecular flexibility index (Phi) is 4.94. The number of fused-ring (bicyclic) bond motifs is 1. The van der Waals surface area contributed by atoms with E-state index in [2.05, 4.69) is 47.5 Å². The third-order valence-electron chi connectivity index (χ3n) is 5.19. The SMILES string of the molecule is Cc1cc2c(cc1C)CN(c1cccc(C(=O)N/N=C\c3ccccc3)c1)C2. The van der Waals surface area contributed by atoms with Gasteiger partial charge >= 0.3 is 0 Å². The summed E-state index contributed by atoms with van der Waals surface area (Å²) in [5, 5.41) is 4.06. The molecule has 4 nitrogen and oxygen atoms in total. The Morgan fingerprint density at radius 3 is 2.29 bits per heavy atom. The number of aryl methyl sites for hydroxylation is 2. The summed E-state index contributed by atoms with van der Waals surface area (Å²) in [6, 6.07) is 22.0. The summed E-state index contributed by atoms with van der Waals surface area (Å²) in [6.45, 7) is 6.04. The van der Waals surface area contributed by atoms with Gasteiger partial charge in [0.1, 0.15) is 0 Å². The molecule has 1 N–H and O–H groups in total. The molecule has 0 unspecified atom stereocenters. The van der Waals surface area contributed by atoms with Crippen LogP contribution in [0.5, 0.6) is 0 Å². The van der Waals surface area contributed by atoms with E-state index in [-0.39, 0.29) is 5.91 Å². The molecule has 3 aromatic carbocycles. The zero-order valence-electron chi connectivity index (χ0n) is 16.1. The molecule has 1 amide bonds. The van der Waals surface area contributed by atoms with Crippen molar-refractivity contribution in [3.63, 3.8) is 0 Å². The van der Waals surface area contributed by atoms with E-state index in [0.717, 1.165) is 24.3 Å². The van der Waals surface area contributed by atoms with Gasteiger partial charge in [0.15, 0.2) is 0 Å². The molecule has 1 aliphatic rings. The molecule has 1 heterocycles. The number of hydrogen-bond donors (Lipinski definition) is 1. The molecule has 0 saturated heterocycles. The normalized spacial score (nSPS) is 13.0. The summed E-state index contributed by atoms with van der Waals surface area (Å²) in [4.78, 5) is 14.8. The van der Waals surface area contributed by atoms with Gasteiger partial charge < -0.3 is 4.90 Å². The molecule has 0 atom stereocenters. The second-order valence-corrected chi connectivity index (χ2v) is 7.22. The summed E-state index contributed by atoms with van der Waals surface area (Å²) < 4.78 is 0. The minimum atomic E-state index is -0.211. The highest BCUT2D eigenvalue weighted by molar-refractivity contribution is 5.95. The minimum Gasteiger partial charge on any atom is -0.363 e. The fraction of sp³-hybridized carbons (Fsp3) is 0.167.